The van der Waals surface area contributed by atoms with Gasteiger partial charge in [0, 0.05) is 6.54 Å². The highest BCUT2D eigenvalue weighted by Crippen LogP contribution is 2.37. The number of nitrogens with one attached hydrogen (secondary N) is 2. The molecule has 18 heavy (non-hydrogen) atoms. The van der Waals surface area contributed by atoms with Crippen LogP contribution in [-0.4, -0.2) is 25.0 Å². The summed E-state index contributed by atoms with van der Waals surface area (Å²) in [5, 5.41) is 6.55. The third-order valence-corrected chi connectivity index (χ3v) is 5.09. The maximum atomic E-state index is 12.2. The van der Waals surface area contributed by atoms with E-state index in [0.717, 1.165) is 19.0 Å². The Bertz CT molecular complexity index is 308. The molecule has 3 heteroatoms. The van der Waals surface area contributed by atoms with Crippen molar-refractivity contribution < 1.29 is 4.79 Å². The van der Waals surface area contributed by atoms with Gasteiger partial charge in [-0.3, -0.25) is 4.79 Å². The first-order valence-electron chi connectivity index (χ1n) is 7.40. The fraction of sp³-hybridized carbons (Fsp3) is 0.933. The van der Waals surface area contributed by atoms with E-state index in [0.29, 0.717) is 11.8 Å². The second-order valence-corrected chi connectivity index (χ2v) is 7.25. The van der Waals surface area contributed by atoms with Crippen molar-refractivity contribution in [3.05, 3.63) is 0 Å². The number of fused-ring (bicyclic) bond motifs is 1. The van der Waals surface area contributed by atoms with E-state index >= 15 is 0 Å². The minimum Gasteiger partial charge on any atom is -0.354 e. The molecule has 2 aliphatic rings. The zero-order valence-corrected chi connectivity index (χ0v) is 12.3. The lowest BCUT2D eigenvalue weighted by atomic mass is 9.82. The fourth-order valence-corrected chi connectivity index (χ4v) is 3.14. The largest absolute Gasteiger partial charge is 0.354 e. The maximum absolute atomic E-state index is 12.2. The van der Waals surface area contributed by atoms with Gasteiger partial charge in [0.2, 0.25) is 5.91 Å². The smallest absolute Gasteiger partial charge is 0.237 e. The van der Waals surface area contributed by atoms with Crippen LogP contribution in [0.3, 0.4) is 0 Å². The Labute approximate surface area is 111 Å². The Hall–Kier alpha value is -0.570. The van der Waals surface area contributed by atoms with Gasteiger partial charge in [-0.1, -0.05) is 34.1 Å². The molecule has 2 N–H and O–H groups in total. The first kappa shape index (κ1) is 13.9. The molecule has 3 nitrogen and oxygen atoms in total. The molecule has 1 saturated heterocycles. The predicted octanol–water partition coefficient (Wildman–Crippen LogP) is 2.17. The standard InChI is InChI=1S/C15H28N2O/c1-10(15(2,3)4)8-17-14(18)13-12-7-5-6-11(12)9-16-13/h10-13,16H,5-9H2,1-4H3,(H,17,18). The average Bonchev–Trinajstić information content (AvgIpc) is 2.85. The molecule has 0 aromatic rings. The molecule has 2 fully saturated rings. The fourth-order valence-electron chi connectivity index (χ4n) is 3.14. The lowest BCUT2D eigenvalue weighted by Gasteiger charge is -2.28. The van der Waals surface area contributed by atoms with Crippen LogP contribution in [0.25, 0.3) is 0 Å². The van der Waals surface area contributed by atoms with Gasteiger partial charge in [0.05, 0.1) is 6.04 Å². The summed E-state index contributed by atoms with van der Waals surface area (Å²) in [5.74, 6) is 2.07. The normalized spacial score (nSPS) is 33.2. The third kappa shape index (κ3) is 2.87. The van der Waals surface area contributed by atoms with Crippen LogP contribution in [0.1, 0.15) is 47.0 Å². The van der Waals surface area contributed by atoms with Crippen LogP contribution in [0, 0.1) is 23.2 Å². The first-order chi connectivity index (χ1) is 8.39. The van der Waals surface area contributed by atoms with Gasteiger partial charge < -0.3 is 10.6 Å². The molecule has 1 aliphatic heterocycles. The minimum absolute atomic E-state index is 0.0738. The van der Waals surface area contributed by atoms with Gasteiger partial charge in [0.1, 0.15) is 0 Å². The van der Waals surface area contributed by atoms with E-state index in [4.69, 9.17) is 0 Å². The van der Waals surface area contributed by atoms with Crippen LogP contribution in [-0.2, 0) is 4.79 Å². The molecule has 4 unspecified atom stereocenters. The molecule has 4 atom stereocenters. The van der Waals surface area contributed by atoms with Crippen molar-refractivity contribution in [2.45, 2.75) is 53.0 Å². The maximum Gasteiger partial charge on any atom is 0.237 e. The van der Waals surface area contributed by atoms with Gasteiger partial charge in [0.25, 0.3) is 0 Å². The van der Waals surface area contributed by atoms with Crippen molar-refractivity contribution in [1.82, 2.24) is 10.6 Å². The summed E-state index contributed by atoms with van der Waals surface area (Å²) in [6.45, 7) is 10.7. The number of hydrogen-bond acceptors (Lipinski definition) is 2. The summed E-state index contributed by atoms with van der Waals surface area (Å²) in [6, 6.07) is 0.0738. The molecule has 1 amide bonds. The molecule has 1 saturated carbocycles. The monoisotopic (exact) mass is 252 g/mol. The van der Waals surface area contributed by atoms with Crippen molar-refractivity contribution >= 4 is 5.91 Å². The Morgan fingerprint density at radius 3 is 2.78 bits per heavy atom. The van der Waals surface area contributed by atoms with Crippen LogP contribution >= 0.6 is 0 Å². The highest BCUT2D eigenvalue weighted by molar-refractivity contribution is 5.82. The topological polar surface area (TPSA) is 41.1 Å². The first-order valence-corrected chi connectivity index (χ1v) is 7.40. The van der Waals surface area contributed by atoms with Gasteiger partial charge in [-0.05, 0) is 42.6 Å². The molecule has 2 rings (SSSR count). The highest BCUT2D eigenvalue weighted by atomic mass is 16.2. The summed E-state index contributed by atoms with van der Waals surface area (Å²) in [4.78, 5) is 12.2. The van der Waals surface area contributed by atoms with Gasteiger partial charge in [0.15, 0.2) is 0 Å². The average molecular weight is 252 g/mol. The summed E-state index contributed by atoms with van der Waals surface area (Å²) in [6.07, 6.45) is 3.84. The lowest BCUT2D eigenvalue weighted by Crippen LogP contribution is -2.46. The van der Waals surface area contributed by atoms with E-state index in [9.17, 15) is 4.79 Å². The van der Waals surface area contributed by atoms with Crippen molar-refractivity contribution in [2.24, 2.45) is 23.2 Å². The van der Waals surface area contributed by atoms with E-state index < -0.39 is 0 Å². The van der Waals surface area contributed by atoms with Crippen LogP contribution in [0.5, 0.6) is 0 Å². The van der Waals surface area contributed by atoms with Gasteiger partial charge in [-0.2, -0.15) is 0 Å². The molecule has 0 spiro atoms. The summed E-state index contributed by atoms with van der Waals surface area (Å²) in [7, 11) is 0. The molecule has 1 heterocycles. The molecule has 0 aromatic heterocycles. The molecule has 0 aromatic carbocycles. The van der Waals surface area contributed by atoms with E-state index in [2.05, 4.69) is 38.3 Å². The van der Waals surface area contributed by atoms with Crippen molar-refractivity contribution in [1.29, 1.82) is 0 Å². The SMILES string of the molecule is CC(CNC(=O)C1NCC2CCCC21)C(C)(C)C. The molecule has 0 radical (unpaired) electrons. The highest BCUT2D eigenvalue weighted by Gasteiger charge is 2.42. The van der Waals surface area contributed by atoms with E-state index in [1.807, 2.05) is 0 Å². The number of rotatable bonds is 3. The Balaban J connectivity index is 1.82. The number of carbonyl (C=O) groups is 1. The zero-order valence-electron chi connectivity index (χ0n) is 12.3. The summed E-state index contributed by atoms with van der Waals surface area (Å²) >= 11 is 0. The Kier molecular flexibility index (Phi) is 4.00. The minimum atomic E-state index is 0.0738. The number of hydrogen-bond donors (Lipinski definition) is 2. The Morgan fingerprint density at radius 1 is 1.39 bits per heavy atom. The number of amides is 1. The van der Waals surface area contributed by atoms with Crippen LogP contribution in [0.15, 0.2) is 0 Å². The summed E-state index contributed by atoms with van der Waals surface area (Å²) < 4.78 is 0. The van der Waals surface area contributed by atoms with E-state index in [1.54, 1.807) is 0 Å². The molecule has 1 aliphatic carbocycles. The quantitative estimate of drug-likeness (QED) is 0.808. The van der Waals surface area contributed by atoms with Crippen molar-refractivity contribution in [2.75, 3.05) is 13.1 Å². The zero-order chi connectivity index (χ0) is 13.3. The van der Waals surface area contributed by atoms with Crippen molar-refractivity contribution in [3.8, 4) is 0 Å². The second kappa shape index (κ2) is 5.20. The second-order valence-electron chi connectivity index (χ2n) is 7.25. The van der Waals surface area contributed by atoms with Gasteiger partial charge >= 0.3 is 0 Å². The molecule has 0 bridgehead atoms. The van der Waals surface area contributed by atoms with Crippen molar-refractivity contribution in [3.63, 3.8) is 0 Å². The van der Waals surface area contributed by atoms with E-state index in [1.165, 1.54) is 19.3 Å². The lowest BCUT2D eigenvalue weighted by molar-refractivity contribution is -0.124. The molecular weight excluding hydrogens is 224 g/mol. The predicted molar refractivity (Wildman–Crippen MR) is 74.3 cm³/mol. The summed E-state index contributed by atoms with van der Waals surface area (Å²) in [5.41, 5.74) is 0.256. The third-order valence-electron chi connectivity index (χ3n) is 5.09. The van der Waals surface area contributed by atoms with Gasteiger partial charge in [-0.25, -0.2) is 0 Å². The van der Waals surface area contributed by atoms with Crippen LogP contribution < -0.4 is 10.6 Å². The van der Waals surface area contributed by atoms with Gasteiger partial charge in [-0.15, -0.1) is 0 Å². The number of carbonyl (C=O) groups excluding carboxylic acids is 1. The van der Waals surface area contributed by atoms with E-state index in [-0.39, 0.29) is 17.4 Å². The molecule has 104 valence electrons. The van der Waals surface area contributed by atoms with Crippen LogP contribution in [0.2, 0.25) is 0 Å². The molecular formula is C15H28N2O. The van der Waals surface area contributed by atoms with Crippen LogP contribution in [0.4, 0.5) is 0 Å². The Morgan fingerprint density at radius 2 is 2.11 bits per heavy atom.